The fourth-order valence-electron chi connectivity index (χ4n) is 1.18. The Morgan fingerprint density at radius 2 is 2.06 bits per heavy atom. The van der Waals surface area contributed by atoms with E-state index in [2.05, 4.69) is 15.3 Å². The molecule has 0 unspecified atom stereocenters. The van der Waals surface area contributed by atoms with Crippen molar-refractivity contribution in [1.82, 2.24) is 9.97 Å². The minimum atomic E-state index is -4.41. The number of nitrogens with zero attached hydrogens (tertiary/aromatic N) is 2. The van der Waals surface area contributed by atoms with E-state index >= 15 is 0 Å². The van der Waals surface area contributed by atoms with E-state index in [1.165, 1.54) is 18.7 Å². The van der Waals surface area contributed by atoms with Crippen LogP contribution < -0.4 is 5.32 Å². The van der Waals surface area contributed by atoms with Gasteiger partial charge in [-0.25, -0.2) is 9.97 Å². The van der Waals surface area contributed by atoms with E-state index in [9.17, 15) is 13.2 Å². The van der Waals surface area contributed by atoms with Crippen LogP contribution in [0.3, 0.4) is 0 Å². The maximum absolute atomic E-state index is 12.2. The molecule has 0 saturated heterocycles. The second kappa shape index (κ2) is 4.44. The maximum Gasteiger partial charge on any atom is 0.433 e. The molecule has 0 atom stereocenters. The largest absolute Gasteiger partial charge is 0.447 e. The molecule has 0 fully saturated rings. The monoisotopic (exact) mass is 243 g/mol. The van der Waals surface area contributed by atoms with E-state index in [0.29, 0.717) is 18.0 Å². The Morgan fingerprint density at radius 3 is 2.59 bits per heavy atom. The van der Waals surface area contributed by atoms with Gasteiger partial charge in [0.2, 0.25) is 0 Å². The molecule has 2 rings (SSSR count). The third-order valence-electron chi connectivity index (χ3n) is 2.00. The SMILES string of the molecule is FC(F)(F)c1ccc(NCc2cnco2)cn1. The van der Waals surface area contributed by atoms with E-state index in [-0.39, 0.29) is 0 Å². The summed E-state index contributed by atoms with van der Waals surface area (Å²) in [6.07, 6.45) is -0.491. The average Bonchev–Trinajstić information content (AvgIpc) is 2.78. The molecule has 0 aliphatic rings. The zero-order valence-corrected chi connectivity index (χ0v) is 8.53. The fraction of sp³-hybridized carbons (Fsp3) is 0.200. The van der Waals surface area contributed by atoms with Crippen molar-refractivity contribution in [3.63, 3.8) is 0 Å². The molecule has 2 heterocycles. The van der Waals surface area contributed by atoms with Crippen molar-refractivity contribution in [1.29, 1.82) is 0 Å². The molecular weight excluding hydrogens is 235 g/mol. The summed E-state index contributed by atoms with van der Waals surface area (Å²) >= 11 is 0. The van der Waals surface area contributed by atoms with Crippen LogP contribution in [0.2, 0.25) is 0 Å². The zero-order valence-electron chi connectivity index (χ0n) is 8.53. The third-order valence-corrected chi connectivity index (χ3v) is 2.00. The van der Waals surface area contributed by atoms with Gasteiger partial charge in [0.25, 0.3) is 0 Å². The molecule has 2 aromatic heterocycles. The Morgan fingerprint density at radius 1 is 1.24 bits per heavy atom. The van der Waals surface area contributed by atoms with Gasteiger partial charge in [0.1, 0.15) is 11.5 Å². The van der Waals surface area contributed by atoms with Gasteiger partial charge in [-0.05, 0) is 12.1 Å². The molecule has 4 nitrogen and oxygen atoms in total. The molecule has 0 bridgehead atoms. The first-order valence-electron chi connectivity index (χ1n) is 4.70. The summed E-state index contributed by atoms with van der Waals surface area (Å²) in [5.74, 6) is 0.588. The Balaban J connectivity index is 1.99. The topological polar surface area (TPSA) is 51.0 Å². The number of pyridine rings is 1. The molecule has 0 radical (unpaired) electrons. The summed E-state index contributed by atoms with van der Waals surface area (Å²) in [6.45, 7) is 0.340. The van der Waals surface area contributed by atoms with Crippen LogP contribution >= 0.6 is 0 Å². The highest BCUT2D eigenvalue weighted by atomic mass is 19.4. The quantitative estimate of drug-likeness (QED) is 0.900. The molecule has 17 heavy (non-hydrogen) atoms. The Bertz CT molecular complexity index is 465. The van der Waals surface area contributed by atoms with Crippen molar-refractivity contribution in [3.05, 3.63) is 42.4 Å². The van der Waals surface area contributed by atoms with Crippen LogP contribution in [0.4, 0.5) is 18.9 Å². The van der Waals surface area contributed by atoms with Crippen LogP contribution in [-0.2, 0) is 12.7 Å². The van der Waals surface area contributed by atoms with Gasteiger partial charge in [-0.2, -0.15) is 13.2 Å². The molecule has 0 saturated carbocycles. The molecule has 0 spiro atoms. The first kappa shape index (κ1) is 11.4. The van der Waals surface area contributed by atoms with Gasteiger partial charge >= 0.3 is 6.18 Å². The molecule has 1 N–H and O–H groups in total. The molecule has 7 heteroatoms. The van der Waals surface area contributed by atoms with Crippen molar-refractivity contribution < 1.29 is 17.6 Å². The van der Waals surface area contributed by atoms with Gasteiger partial charge in [0.05, 0.1) is 24.6 Å². The number of nitrogens with one attached hydrogen (secondary N) is 1. The average molecular weight is 243 g/mol. The van der Waals surface area contributed by atoms with E-state index < -0.39 is 11.9 Å². The maximum atomic E-state index is 12.2. The highest BCUT2D eigenvalue weighted by Crippen LogP contribution is 2.27. The van der Waals surface area contributed by atoms with Gasteiger partial charge in [-0.3, -0.25) is 0 Å². The third kappa shape index (κ3) is 2.96. The fourth-order valence-corrected chi connectivity index (χ4v) is 1.18. The molecule has 0 aromatic carbocycles. The Labute approximate surface area is 94.5 Å². The second-order valence-corrected chi connectivity index (χ2v) is 3.25. The lowest BCUT2D eigenvalue weighted by Crippen LogP contribution is -2.08. The number of anilines is 1. The smallest absolute Gasteiger partial charge is 0.433 e. The summed E-state index contributed by atoms with van der Waals surface area (Å²) in [7, 11) is 0. The zero-order chi connectivity index (χ0) is 12.3. The predicted octanol–water partition coefficient (Wildman–Crippen LogP) is 2.70. The van der Waals surface area contributed by atoms with E-state index in [0.717, 1.165) is 12.3 Å². The van der Waals surface area contributed by atoms with Gasteiger partial charge in [0, 0.05) is 0 Å². The molecule has 0 amide bonds. The van der Waals surface area contributed by atoms with E-state index in [4.69, 9.17) is 4.42 Å². The minimum absolute atomic E-state index is 0.340. The summed E-state index contributed by atoms with van der Waals surface area (Å²) in [4.78, 5) is 7.03. The van der Waals surface area contributed by atoms with Gasteiger partial charge in [-0.1, -0.05) is 0 Å². The minimum Gasteiger partial charge on any atom is -0.447 e. The van der Waals surface area contributed by atoms with E-state index in [1.807, 2.05) is 0 Å². The second-order valence-electron chi connectivity index (χ2n) is 3.25. The highest BCUT2D eigenvalue weighted by molar-refractivity contribution is 5.41. The predicted molar refractivity (Wildman–Crippen MR) is 53.1 cm³/mol. The van der Waals surface area contributed by atoms with Crippen LogP contribution in [0.1, 0.15) is 11.5 Å². The van der Waals surface area contributed by atoms with E-state index in [1.54, 1.807) is 0 Å². The number of halogens is 3. The first-order chi connectivity index (χ1) is 8.05. The summed E-state index contributed by atoms with van der Waals surface area (Å²) in [5, 5.41) is 2.86. The highest BCUT2D eigenvalue weighted by Gasteiger charge is 2.31. The van der Waals surface area contributed by atoms with Crippen molar-refractivity contribution in [2.45, 2.75) is 12.7 Å². The Hall–Kier alpha value is -2.05. The summed E-state index contributed by atoms with van der Waals surface area (Å²) in [6, 6.07) is 2.23. The lowest BCUT2D eigenvalue weighted by molar-refractivity contribution is -0.141. The molecular formula is C10H8F3N3O. The van der Waals surface area contributed by atoms with Crippen LogP contribution in [0, 0.1) is 0 Å². The first-order valence-corrected chi connectivity index (χ1v) is 4.70. The molecule has 90 valence electrons. The van der Waals surface area contributed by atoms with Crippen molar-refractivity contribution in [2.24, 2.45) is 0 Å². The van der Waals surface area contributed by atoms with Gasteiger partial charge in [-0.15, -0.1) is 0 Å². The van der Waals surface area contributed by atoms with Crippen LogP contribution in [-0.4, -0.2) is 9.97 Å². The Kier molecular flexibility index (Phi) is 2.99. The van der Waals surface area contributed by atoms with Crippen LogP contribution in [0.5, 0.6) is 0 Å². The summed E-state index contributed by atoms with van der Waals surface area (Å²) in [5.41, 5.74) is -0.433. The van der Waals surface area contributed by atoms with Crippen LogP contribution in [0.15, 0.2) is 35.3 Å². The summed E-state index contributed by atoms with van der Waals surface area (Å²) < 4.78 is 41.6. The number of oxazole rings is 1. The lowest BCUT2D eigenvalue weighted by Gasteiger charge is -2.07. The molecule has 0 aliphatic carbocycles. The van der Waals surface area contributed by atoms with Gasteiger partial charge in [0.15, 0.2) is 6.39 Å². The molecule has 0 aliphatic heterocycles. The number of alkyl halides is 3. The molecule has 2 aromatic rings. The standard InChI is InChI=1S/C10H8F3N3O/c11-10(12,13)9-2-1-7(3-16-9)15-5-8-4-14-6-17-8/h1-4,6,15H,5H2. The number of hydrogen-bond acceptors (Lipinski definition) is 4. The van der Waals surface area contributed by atoms with Crippen molar-refractivity contribution in [2.75, 3.05) is 5.32 Å². The number of hydrogen-bond donors (Lipinski definition) is 1. The lowest BCUT2D eigenvalue weighted by atomic mass is 10.3. The van der Waals surface area contributed by atoms with Gasteiger partial charge < -0.3 is 9.73 Å². The number of aromatic nitrogens is 2. The van der Waals surface area contributed by atoms with Crippen LogP contribution in [0.25, 0.3) is 0 Å². The number of rotatable bonds is 3. The normalized spacial score (nSPS) is 11.5. The van der Waals surface area contributed by atoms with Crippen molar-refractivity contribution >= 4 is 5.69 Å². The van der Waals surface area contributed by atoms with Crippen molar-refractivity contribution in [3.8, 4) is 0 Å².